The lowest BCUT2D eigenvalue weighted by Gasteiger charge is -2.32. The highest BCUT2D eigenvalue weighted by Gasteiger charge is 2.37. The van der Waals surface area contributed by atoms with Gasteiger partial charge in [0.05, 0.1) is 35.9 Å². The molecular weight excluding hydrogens is 500 g/mol. The molecule has 1 aliphatic carbocycles. The maximum absolute atomic E-state index is 13.9. The fourth-order valence-electron chi connectivity index (χ4n) is 3.48. The van der Waals surface area contributed by atoms with E-state index in [2.05, 4.69) is 32.4 Å². The second kappa shape index (κ2) is 10.7. The van der Waals surface area contributed by atoms with Gasteiger partial charge < -0.3 is 15.0 Å². The molecule has 2 amide bonds. The third-order valence-corrected chi connectivity index (χ3v) is 6.75. The van der Waals surface area contributed by atoms with Gasteiger partial charge in [-0.15, -0.1) is 0 Å². The van der Waals surface area contributed by atoms with Gasteiger partial charge in [-0.3, -0.25) is 19.9 Å². The SMILES string of the molecule is COC1=CNC(C)(C(F)F)C=C1c1cc(CC(=O)N(C)C)ncc1C(=O)Nc1ncc(C#CC2CC2)s1. The molecule has 1 saturated carbocycles. The highest BCUT2D eigenvalue weighted by Crippen LogP contribution is 2.35. The summed E-state index contributed by atoms with van der Waals surface area (Å²) in [6.07, 6.45) is 5.05. The summed E-state index contributed by atoms with van der Waals surface area (Å²) < 4.78 is 33.2. The Hall–Kier alpha value is -3.78. The van der Waals surface area contributed by atoms with Crippen molar-refractivity contribution < 1.29 is 23.1 Å². The van der Waals surface area contributed by atoms with Gasteiger partial charge in [-0.05, 0) is 31.9 Å². The summed E-state index contributed by atoms with van der Waals surface area (Å²) in [5, 5.41) is 5.76. The minimum Gasteiger partial charge on any atom is -0.495 e. The van der Waals surface area contributed by atoms with E-state index in [9.17, 15) is 18.4 Å². The molecule has 2 aromatic heterocycles. The van der Waals surface area contributed by atoms with Crippen LogP contribution in [0.3, 0.4) is 0 Å². The van der Waals surface area contributed by atoms with Crippen molar-refractivity contribution in [1.82, 2.24) is 20.2 Å². The number of alkyl halides is 2. The van der Waals surface area contributed by atoms with E-state index in [0.717, 1.165) is 17.7 Å². The Morgan fingerprint density at radius 2 is 2.08 bits per heavy atom. The van der Waals surface area contributed by atoms with Crippen LogP contribution in [0.4, 0.5) is 13.9 Å². The predicted molar refractivity (Wildman–Crippen MR) is 137 cm³/mol. The number of aromatic nitrogens is 2. The first-order valence-electron chi connectivity index (χ1n) is 11.6. The number of ether oxygens (including phenoxy) is 1. The van der Waals surface area contributed by atoms with Crippen molar-refractivity contribution in [3.8, 4) is 11.8 Å². The van der Waals surface area contributed by atoms with Crippen LogP contribution in [0.1, 0.15) is 46.3 Å². The van der Waals surface area contributed by atoms with Crippen LogP contribution in [0.2, 0.25) is 0 Å². The molecule has 1 fully saturated rings. The third kappa shape index (κ3) is 6.14. The topological polar surface area (TPSA) is 96.5 Å². The molecule has 0 radical (unpaired) electrons. The molecule has 1 aliphatic heterocycles. The first-order valence-corrected chi connectivity index (χ1v) is 12.4. The molecular formula is C26H27F2N5O3S. The molecule has 11 heteroatoms. The Morgan fingerprint density at radius 3 is 2.73 bits per heavy atom. The molecule has 8 nitrogen and oxygen atoms in total. The number of thiazole rings is 1. The molecule has 0 bridgehead atoms. The lowest BCUT2D eigenvalue weighted by molar-refractivity contribution is -0.128. The van der Waals surface area contributed by atoms with Crippen molar-refractivity contribution in [3.05, 3.63) is 58.2 Å². The van der Waals surface area contributed by atoms with Gasteiger partial charge in [0.15, 0.2) is 5.13 Å². The Morgan fingerprint density at radius 1 is 1.32 bits per heavy atom. The number of rotatable bonds is 7. The molecule has 4 rings (SSSR count). The van der Waals surface area contributed by atoms with Crippen LogP contribution in [0, 0.1) is 17.8 Å². The Balaban J connectivity index is 1.71. The number of carbonyl (C=O) groups is 2. The number of dihydropyridines is 1. The summed E-state index contributed by atoms with van der Waals surface area (Å²) in [4.78, 5) is 36.3. The standard InChI is InChI=1S/C26H27F2N5O3S/c1-26(24(27)28)11-19(21(36-4)14-31-26)18-9-16(10-22(34)33(2)3)29-13-20(18)23(35)32-25-30-12-17(37-25)8-7-15-5-6-15/h9,11-15,24,31H,5-6,10H2,1-4H3,(H,30,32,35). The van der Waals surface area contributed by atoms with Gasteiger partial charge in [0.2, 0.25) is 5.91 Å². The lowest BCUT2D eigenvalue weighted by Crippen LogP contribution is -2.46. The zero-order valence-corrected chi connectivity index (χ0v) is 21.7. The summed E-state index contributed by atoms with van der Waals surface area (Å²) >= 11 is 1.24. The fraction of sp³-hybridized carbons (Fsp3) is 0.385. The minimum atomic E-state index is -2.74. The zero-order valence-electron chi connectivity index (χ0n) is 20.9. The van der Waals surface area contributed by atoms with Crippen LogP contribution >= 0.6 is 11.3 Å². The van der Waals surface area contributed by atoms with E-state index in [-0.39, 0.29) is 29.2 Å². The van der Waals surface area contributed by atoms with Crippen molar-refractivity contribution in [2.45, 2.75) is 38.2 Å². The first kappa shape index (κ1) is 26.3. The molecule has 2 aromatic rings. The fourth-order valence-corrected chi connectivity index (χ4v) is 4.16. The summed E-state index contributed by atoms with van der Waals surface area (Å²) in [5.41, 5.74) is -0.607. The quantitative estimate of drug-likeness (QED) is 0.534. The summed E-state index contributed by atoms with van der Waals surface area (Å²) in [6.45, 7) is 1.35. The van der Waals surface area contributed by atoms with Crippen molar-refractivity contribution in [1.29, 1.82) is 0 Å². The number of nitrogens with one attached hydrogen (secondary N) is 2. The first-order chi connectivity index (χ1) is 17.6. The van der Waals surface area contributed by atoms with E-state index in [1.165, 1.54) is 48.7 Å². The molecule has 37 heavy (non-hydrogen) atoms. The maximum atomic E-state index is 13.9. The molecule has 2 aliphatic rings. The lowest BCUT2D eigenvalue weighted by atomic mass is 9.89. The molecule has 2 N–H and O–H groups in total. The maximum Gasteiger partial charge on any atom is 0.264 e. The van der Waals surface area contributed by atoms with E-state index >= 15 is 0 Å². The van der Waals surface area contributed by atoms with Gasteiger partial charge in [0.25, 0.3) is 12.3 Å². The van der Waals surface area contributed by atoms with Crippen LogP contribution in [0.15, 0.2) is 36.5 Å². The number of nitrogens with zero attached hydrogens (tertiary/aromatic N) is 3. The van der Waals surface area contributed by atoms with Gasteiger partial charge in [0.1, 0.15) is 11.3 Å². The summed E-state index contributed by atoms with van der Waals surface area (Å²) in [5.74, 6) is 6.19. The van der Waals surface area contributed by atoms with Crippen LogP contribution in [-0.2, 0) is 16.0 Å². The number of pyridine rings is 1. The summed E-state index contributed by atoms with van der Waals surface area (Å²) in [6, 6.07) is 1.56. The van der Waals surface area contributed by atoms with Gasteiger partial charge in [-0.25, -0.2) is 13.8 Å². The molecule has 1 unspecified atom stereocenters. The van der Waals surface area contributed by atoms with Crippen molar-refractivity contribution >= 4 is 33.9 Å². The Bertz CT molecular complexity index is 1340. The van der Waals surface area contributed by atoms with Crippen LogP contribution in [-0.4, -0.2) is 59.9 Å². The average Bonchev–Trinajstić information content (AvgIpc) is 3.60. The molecule has 3 heterocycles. The van der Waals surface area contributed by atoms with Crippen molar-refractivity contribution in [2.24, 2.45) is 5.92 Å². The molecule has 0 aromatic carbocycles. The molecule has 194 valence electrons. The van der Waals surface area contributed by atoms with E-state index in [4.69, 9.17) is 4.74 Å². The predicted octanol–water partition coefficient (Wildman–Crippen LogP) is 3.68. The minimum absolute atomic E-state index is 0.0267. The average molecular weight is 528 g/mol. The third-order valence-electron chi connectivity index (χ3n) is 5.93. The largest absolute Gasteiger partial charge is 0.495 e. The van der Waals surface area contributed by atoms with E-state index in [0.29, 0.717) is 22.3 Å². The molecule has 0 spiro atoms. The number of hydrogen-bond donors (Lipinski definition) is 2. The van der Waals surface area contributed by atoms with Crippen LogP contribution in [0.5, 0.6) is 0 Å². The number of likely N-dealkylation sites (N-methyl/N-ethyl adjacent to an activating group) is 1. The normalized spacial score (nSPS) is 18.7. The number of amides is 2. The number of anilines is 1. The molecule has 1 atom stereocenters. The van der Waals surface area contributed by atoms with Crippen molar-refractivity contribution in [2.75, 3.05) is 26.5 Å². The Labute approximate surface area is 217 Å². The zero-order chi connectivity index (χ0) is 26.7. The molecule has 0 saturated heterocycles. The summed E-state index contributed by atoms with van der Waals surface area (Å²) in [7, 11) is 4.65. The highest BCUT2D eigenvalue weighted by atomic mass is 32.1. The van der Waals surface area contributed by atoms with Crippen molar-refractivity contribution in [3.63, 3.8) is 0 Å². The van der Waals surface area contributed by atoms with Crippen LogP contribution in [0.25, 0.3) is 5.57 Å². The van der Waals surface area contributed by atoms with Gasteiger partial charge >= 0.3 is 0 Å². The second-order valence-electron chi connectivity index (χ2n) is 9.21. The number of allylic oxidation sites excluding steroid dienone is 1. The number of carbonyl (C=O) groups excluding carboxylic acids is 2. The smallest absolute Gasteiger partial charge is 0.264 e. The number of methoxy groups -OCH3 is 1. The van der Waals surface area contributed by atoms with E-state index in [1.54, 1.807) is 26.4 Å². The number of hydrogen-bond acceptors (Lipinski definition) is 7. The highest BCUT2D eigenvalue weighted by molar-refractivity contribution is 7.16. The second-order valence-corrected chi connectivity index (χ2v) is 10.2. The van der Waals surface area contributed by atoms with Crippen LogP contribution < -0.4 is 10.6 Å². The van der Waals surface area contributed by atoms with E-state index in [1.807, 2.05) is 0 Å². The van der Waals surface area contributed by atoms with Gasteiger partial charge in [0, 0.05) is 43.5 Å². The van der Waals surface area contributed by atoms with Gasteiger partial charge in [-0.1, -0.05) is 23.2 Å². The number of halogens is 2. The van der Waals surface area contributed by atoms with Gasteiger partial charge in [-0.2, -0.15) is 0 Å². The monoisotopic (exact) mass is 527 g/mol. The van der Waals surface area contributed by atoms with E-state index < -0.39 is 17.9 Å². The Kier molecular flexibility index (Phi) is 7.59.